The second-order valence-corrected chi connectivity index (χ2v) is 4.34. The van der Waals surface area contributed by atoms with Crippen LogP contribution in [0.4, 0.5) is 0 Å². The van der Waals surface area contributed by atoms with Crippen LogP contribution >= 0.6 is 0 Å². The molecule has 0 saturated carbocycles. The molecular formula is C17H20O3. The van der Waals surface area contributed by atoms with Gasteiger partial charge in [0, 0.05) is 13.0 Å². The van der Waals surface area contributed by atoms with Crippen molar-refractivity contribution in [3.8, 4) is 0 Å². The Hall–Kier alpha value is -2.13. The lowest BCUT2D eigenvalue weighted by Gasteiger charge is -1.95. The van der Waals surface area contributed by atoms with Crippen molar-refractivity contribution in [1.29, 1.82) is 0 Å². The van der Waals surface area contributed by atoms with Crippen LogP contribution in [0.15, 0.2) is 60.7 Å². The van der Waals surface area contributed by atoms with E-state index in [9.17, 15) is 4.79 Å². The maximum atomic E-state index is 10.2. The first-order valence-electron chi connectivity index (χ1n) is 6.63. The Morgan fingerprint density at radius 2 is 1.25 bits per heavy atom. The average molecular weight is 272 g/mol. The highest BCUT2D eigenvalue weighted by Gasteiger charge is 1.96. The molecule has 0 heterocycles. The van der Waals surface area contributed by atoms with Gasteiger partial charge in [0.2, 0.25) is 0 Å². The second kappa shape index (κ2) is 9.75. The van der Waals surface area contributed by atoms with Gasteiger partial charge in [0.1, 0.15) is 0 Å². The van der Waals surface area contributed by atoms with Gasteiger partial charge in [0.15, 0.2) is 0 Å². The molecule has 2 rings (SSSR count). The van der Waals surface area contributed by atoms with Crippen molar-refractivity contribution < 1.29 is 15.0 Å². The Morgan fingerprint density at radius 3 is 1.65 bits per heavy atom. The second-order valence-electron chi connectivity index (χ2n) is 4.34. The van der Waals surface area contributed by atoms with Crippen molar-refractivity contribution in [1.82, 2.24) is 0 Å². The predicted molar refractivity (Wildman–Crippen MR) is 79.6 cm³/mol. The number of carboxylic acids is 1. The van der Waals surface area contributed by atoms with Crippen LogP contribution in [-0.4, -0.2) is 22.8 Å². The molecule has 3 heteroatoms. The molecule has 0 saturated heterocycles. The fraction of sp³-hybridized carbons (Fsp3) is 0.235. The summed E-state index contributed by atoms with van der Waals surface area (Å²) >= 11 is 0. The fourth-order valence-corrected chi connectivity index (χ4v) is 1.67. The summed E-state index contributed by atoms with van der Waals surface area (Å²) in [7, 11) is 0. The van der Waals surface area contributed by atoms with E-state index in [4.69, 9.17) is 10.2 Å². The number of aliphatic hydroxyl groups is 1. The van der Waals surface area contributed by atoms with Crippen LogP contribution < -0.4 is 0 Å². The molecule has 0 aromatic heterocycles. The van der Waals surface area contributed by atoms with Crippen molar-refractivity contribution in [3.05, 3.63) is 71.8 Å². The molecular weight excluding hydrogens is 252 g/mol. The van der Waals surface area contributed by atoms with Gasteiger partial charge in [-0.3, -0.25) is 4.79 Å². The van der Waals surface area contributed by atoms with E-state index in [1.165, 1.54) is 5.56 Å². The molecule has 0 bridgehead atoms. The van der Waals surface area contributed by atoms with Crippen molar-refractivity contribution in [2.45, 2.75) is 19.3 Å². The van der Waals surface area contributed by atoms with E-state index < -0.39 is 5.97 Å². The molecule has 0 fully saturated rings. The Labute approximate surface area is 119 Å². The highest BCUT2D eigenvalue weighted by Crippen LogP contribution is 2.01. The standard InChI is InChI=1S/C9H10O2.C8H10O/c10-9(11)7-6-8-4-2-1-3-5-8;9-7-6-8-4-2-1-3-5-8/h1-5H,6-7H2,(H,10,11);1-5,9H,6-7H2. The topological polar surface area (TPSA) is 57.5 Å². The summed E-state index contributed by atoms with van der Waals surface area (Å²) in [5.74, 6) is -0.742. The molecule has 0 atom stereocenters. The molecule has 2 N–H and O–H groups in total. The summed E-state index contributed by atoms with van der Waals surface area (Å²) in [5, 5.41) is 16.9. The van der Waals surface area contributed by atoms with Crippen LogP contribution in [-0.2, 0) is 17.6 Å². The largest absolute Gasteiger partial charge is 0.481 e. The predicted octanol–water partition coefficient (Wildman–Crippen LogP) is 2.93. The van der Waals surface area contributed by atoms with Gasteiger partial charge in [0.25, 0.3) is 0 Å². The molecule has 2 aromatic carbocycles. The molecule has 0 spiro atoms. The van der Waals surface area contributed by atoms with Crippen LogP contribution in [0.25, 0.3) is 0 Å². The van der Waals surface area contributed by atoms with E-state index in [0.29, 0.717) is 6.42 Å². The Balaban J connectivity index is 0.000000204. The third-order valence-corrected chi connectivity index (χ3v) is 2.71. The molecule has 0 aliphatic rings. The van der Waals surface area contributed by atoms with E-state index >= 15 is 0 Å². The summed E-state index contributed by atoms with van der Waals surface area (Å²) in [5.41, 5.74) is 2.27. The molecule has 0 aliphatic carbocycles. The van der Waals surface area contributed by atoms with Gasteiger partial charge in [-0.2, -0.15) is 0 Å². The number of aliphatic hydroxyl groups excluding tert-OH is 1. The summed E-state index contributed by atoms with van der Waals surface area (Å²) in [6.45, 7) is 0.240. The number of rotatable bonds is 5. The summed E-state index contributed by atoms with van der Waals surface area (Å²) in [4.78, 5) is 10.2. The van der Waals surface area contributed by atoms with Crippen molar-refractivity contribution >= 4 is 5.97 Å². The molecule has 20 heavy (non-hydrogen) atoms. The lowest BCUT2D eigenvalue weighted by atomic mass is 10.1. The van der Waals surface area contributed by atoms with E-state index in [2.05, 4.69) is 0 Å². The van der Waals surface area contributed by atoms with Gasteiger partial charge >= 0.3 is 5.97 Å². The van der Waals surface area contributed by atoms with E-state index in [1.54, 1.807) is 0 Å². The van der Waals surface area contributed by atoms with E-state index in [-0.39, 0.29) is 13.0 Å². The van der Waals surface area contributed by atoms with Crippen molar-refractivity contribution in [3.63, 3.8) is 0 Å². The smallest absolute Gasteiger partial charge is 0.303 e. The maximum absolute atomic E-state index is 10.2. The van der Waals surface area contributed by atoms with Crippen LogP contribution in [0.3, 0.4) is 0 Å². The monoisotopic (exact) mass is 272 g/mol. The van der Waals surface area contributed by atoms with Gasteiger partial charge < -0.3 is 10.2 Å². The first kappa shape index (κ1) is 15.9. The molecule has 0 unspecified atom stereocenters. The lowest BCUT2D eigenvalue weighted by molar-refractivity contribution is -0.136. The minimum atomic E-state index is -0.742. The first-order chi connectivity index (χ1) is 9.72. The zero-order chi connectivity index (χ0) is 14.6. The highest BCUT2D eigenvalue weighted by atomic mass is 16.4. The zero-order valence-electron chi connectivity index (χ0n) is 11.4. The van der Waals surface area contributed by atoms with Crippen LogP contribution in [0.2, 0.25) is 0 Å². The third kappa shape index (κ3) is 7.34. The molecule has 106 valence electrons. The quantitative estimate of drug-likeness (QED) is 0.880. The van der Waals surface area contributed by atoms with Crippen LogP contribution in [0, 0.1) is 0 Å². The third-order valence-electron chi connectivity index (χ3n) is 2.71. The normalized spacial score (nSPS) is 9.45. The number of carbonyl (C=O) groups is 1. The van der Waals surface area contributed by atoms with Gasteiger partial charge in [-0.05, 0) is 24.0 Å². The number of carboxylic acid groups (broad SMARTS) is 1. The minimum Gasteiger partial charge on any atom is -0.481 e. The van der Waals surface area contributed by atoms with E-state index in [0.717, 1.165) is 12.0 Å². The molecule has 3 nitrogen and oxygen atoms in total. The van der Waals surface area contributed by atoms with Crippen LogP contribution in [0.1, 0.15) is 17.5 Å². The first-order valence-corrected chi connectivity index (χ1v) is 6.63. The zero-order valence-corrected chi connectivity index (χ0v) is 11.4. The molecule has 2 aromatic rings. The Bertz CT molecular complexity index is 480. The fourth-order valence-electron chi connectivity index (χ4n) is 1.67. The Kier molecular flexibility index (Phi) is 7.77. The number of aliphatic carboxylic acids is 1. The summed E-state index contributed by atoms with van der Waals surface area (Å²) in [6, 6.07) is 19.6. The Morgan fingerprint density at radius 1 is 0.800 bits per heavy atom. The SMILES string of the molecule is O=C(O)CCc1ccccc1.OCCc1ccccc1. The van der Waals surface area contributed by atoms with Crippen molar-refractivity contribution in [2.75, 3.05) is 6.61 Å². The maximum Gasteiger partial charge on any atom is 0.303 e. The number of hydrogen-bond donors (Lipinski definition) is 2. The highest BCUT2D eigenvalue weighted by molar-refractivity contribution is 5.67. The summed E-state index contributed by atoms with van der Waals surface area (Å²) < 4.78 is 0. The summed E-state index contributed by atoms with van der Waals surface area (Å²) in [6.07, 6.45) is 1.60. The van der Waals surface area contributed by atoms with Gasteiger partial charge in [-0.1, -0.05) is 60.7 Å². The molecule has 0 aliphatic heterocycles. The number of aryl methyl sites for hydroxylation is 1. The van der Waals surface area contributed by atoms with Gasteiger partial charge in [-0.25, -0.2) is 0 Å². The average Bonchev–Trinajstić information content (AvgIpc) is 2.48. The lowest BCUT2D eigenvalue weighted by Crippen LogP contribution is -1.96. The molecule has 0 amide bonds. The van der Waals surface area contributed by atoms with E-state index in [1.807, 2.05) is 60.7 Å². The van der Waals surface area contributed by atoms with Gasteiger partial charge in [-0.15, -0.1) is 0 Å². The molecule has 0 radical (unpaired) electrons. The van der Waals surface area contributed by atoms with Crippen LogP contribution in [0.5, 0.6) is 0 Å². The number of benzene rings is 2. The van der Waals surface area contributed by atoms with Gasteiger partial charge in [0.05, 0.1) is 0 Å². The number of hydrogen-bond acceptors (Lipinski definition) is 2. The van der Waals surface area contributed by atoms with Crippen molar-refractivity contribution in [2.24, 2.45) is 0 Å². The minimum absolute atomic E-state index is 0.212.